The summed E-state index contributed by atoms with van der Waals surface area (Å²) in [5, 5.41) is 14.7. The maximum atomic E-state index is 14.0. The highest BCUT2D eigenvalue weighted by Crippen LogP contribution is 2.40. The van der Waals surface area contributed by atoms with Crippen LogP contribution in [0.15, 0.2) is 54.7 Å². The minimum absolute atomic E-state index is 0.0340. The number of H-pyrrole nitrogens is 1. The zero-order valence-corrected chi connectivity index (χ0v) is 17.8. The quantitative estimate of drug-likeness (QED) is 0.296. The number of ether oxygens (including phenoxy) is 2. The lowest BCUT2D eigenvalue weighted by Gasteiger charge is -2.08. The van der Waals surface area contributed by atoms with Crippen LogP contribution in [0, 0.1) is 15.9 Å². The molecule has 5 rings (SSSR count). The van der Waals surface area contributed by atoms with Crippen molar-refractivity contribution in [1.82, 2.24) is 9.97 Å². The van der Waals surface area contributed by atoms with E-state index in [2.05, 4.69) is 15.3 Å². The fraction of sp³-hybridized carbons (Fsp3) is 0.167. The highest BCUT2D eigenvalue weighted by Gasteiger charge is 2.24. The number of nitrogens with one attached hydrogen (secondary N) is 2. The zero-order chi connectivity index (χ0) is 23.7. The Bertz CT molecular complexity index is 1400. The first-order chi connectivity index (χ1) is 16.5. The average molecular weight is 462 g/mol. The van der Waals surface area contributed by atoms with Crippen LogP contribution in [0.3, 0.4) is 0 Å². The maximum absolute atomic E-state index is 14.0. The first kappa shape index (κ1) is 21.4. The number of nitro groups is 1. The van der Waals surface area contributed by atoms with Crippen molar-refractivity contribution in [2.24, 2.45) is 0 Å². The normalized spacial score (nSPS) is 12.1. The average Bonchev–Trinajstić information content (AvgIpc) is 3.43. The second kappa shape index (κ2) is 8.81. The Morgan fingerprint density at radius 3 is 2.76 bits per heavy atom. The van der Waals surface area contributed by atoms with Crippen molar-refractivity contribution in [3.8, 4) is 22.9 Å². The van der Waals surface area contributed by atoms with Gasteiger partial charge in [-0.2, -0.15) is 0 Å². The summed E-state index contributed by atoms with van der Waals surface area (Å²) in [6.45, 7) is -0.0340. The van der Waals surface area contributed by atoms with Crippen molar-refractivity contribution in [2.45, 2.75) is 19.3 Å². The number of pyridine rings is 1. The number of nitro benzene ring substituents is 1. The first-order valence-electron chi connectivity index (χ1n) is 10.6. The maximum Gasteiger partial charge on any atom is 0.296 e. The van der Waals surface area contributed by atoms with Gasteiger partial charge in [-0.15, -0.1) is 0 Å². The topological polar surface area (TPSA) is 119 Å². The van der Waals surface area contributed by atoms with Crippen LogP contribution in [0.4, 0.5) is 15.8 Å². The number of fused-ring (bicyclic) bond motifs is 2. The molecule has 0 saturated carbocycles. The van der Waals surface area contributed by atoms with Gasteiger partial charge in [0.25, 0.3) is 5.69 Å². The lowest BCUT2D eigenvalue weighted by Crippen LogP contribution is -2.13. The van der Waals surface area contributed by atoms with E-state index in [-0.39, 0.29) is 42.1 Å². The van der Waals surface area contributed by atoms with Gasteiger partial charge in [0.2, 0.25) is 12.7 Å². The molecule has 2 aromatic heterocycles. The van der Waals surface area contributed by atoms with Crippen molar-refractivity contribution >= 4 is 28.2 Å². The predicted octanol–water partition coefficient (Wildman–Crippen LogP) is 4.97. The monoisotopic (exact) mass is 462 g/mol. The number of anilines is 1. The third-order valence-corrected chi connectivity index (χ3v) is 5.58. The Kier molecular flexibility index (Phi) is 5.54. The molecule has 172 valence electrons. The molecule has 0 fully saturated rings. The van der Waals surface area contributed by atoms with Crippen molar-refractivity contribution in [3.63, 3.8) is 0 Å². The number of benzene rings is 2. The van der Waals surface area contributed by atoms with Crippen LogP contribution in [-0.2, 0) is 11.2 Å². The van der Waals surface area contributed by atoms with Gasteiger partial charge >= 0.3 is 0 Å². The number of carbonyl (C=O) groups excluding carboxylic acids is 1. The summed E-state index contributed by atoms with van der Waals surface area (Å²) >= 11 is 0. The van der Waals surface area contributed by atoms with Crippen LogP contribution in [0.5, 0.6) is 11.5 Å². The van der Waals surface area contributed by atoms with Crippen LogP contribution in [0.1, 0.15) is 18.4 Å². The molecule has 0 radical (unpaired) electrons. The van der Waals surface area contributed by atoms with E-state index in [4.69, 9.17) is 9.47 Å². The van der Waals surface area contributed by atoms with Crippen molar-refractivity contribution in [2.75, 3.05) is 12.1 Å². The number of amides is 1. The summed E-state index contributed by atoms with van der Waals surface area (Å²) in [6.07, 6.45) is 2.70. The molecule has 0 atom stereocenters. The number of aromatic amines is 1. The summed E-state index contributed by atoms with van der Waals surface area (Å²) in [7, 11) is 0. The third kappa shape index (κ3) is 4.13. The van der Waals surface area contributed by atoms with E-state index in [1.807, 2.05) is 18.2 Å². The summed E-state index contributed by atoms with van der Waals surface area (Å²) < 4.78 is 24.4. The lowest BCUT2D eigenvalue weighted by molar-refractivity contribution is -0.384. The Morgan fingerprint density at radius 1 is 1.18 bits per heavy atom. The van der Waals surface area contributed by atoms with E-state index in [0.717, 1.165) is 27.9 Å². The van der Waals surface area contributed by atoms with E-state index < -0.39 is 4.92 Å². The van der Waals surface area contributed by atoms with Crippen molar-refractivity contribution in [1.29, 1.82) is 0 Å². The summed E-state index contributed by atoms with van der Waals surface area (Å²) in [4.78, 5) is 31.1. The van der Waals surface area contributed by atoms with Gasteiger partial charge in [-0.1, -0.05) is 6.07 Å². The fourth-order valence-corrected chi connectivity index (χ4v) is 4.03. The SMILES string of the molecule is O=C(CCCc1c(-c2ccccn2)[nH]c2ccc(F)cc12)Nc1cc2c(cc1[N+](=O)[O-])OCO2. The fourth-order valence-electron chi connectivity index (χ4n) is 4.03. The largest absolute Gasteiger partial charge is 0.454 e. The van der Waals surface area contributed by atoms with E-state index in [1.54, 1.807) is 12.3 Å². The minimum atomic E-state index is -0.586. The molecule has 10 heteroatoms. The van der Waals surface area contributed by atoms with Crippen LogP contribution in [-0.4, -0.2) is 27.6 Å². The van der Waals surface area contributed by atoms with Gasteiger partial charge in [-0.3, -0.25) is 19.9 Å². The molecule has 2 aromatic carbocycles. The smallest absolute Gasteiger partial charge is 0.296 e. The second-order valence-corrected chi connectivity index (χ2v) is 7.76. The third-order valence-electron chi connectivity index (χ3n) is 5.58. The van der Waals surface area contributed by atoms with Gasteiger partial charge in [0.15, 0.2) is 11.5 Å². The van der Waals surface area contributed by atoms with Gasteiger partial charge < -0.3 is 19.8 Å². The highest BCUT2D eigenvalue weighted by molar-refractivity contribution is 5.94. The number of hydrogen-bond acceptors (Lipinski definition) is 6. The molecule has 1 aliphatic rings. The Labute approximate surface area is 192 Å². The molecule has 0 spiro atoms. The number of aryl methyl sites for hydroxylation is 1. The number of halogens is 1. The molecule has 0 unspecified atom stereocenters. The summed E-state index contributed by atoms with van der Waals surface area (Å²) in [5.74, 6) is -0.138. The van der Waals surface area contributed by atoms with Crippen LogP contribution >= 0.6 is 0 Å². The number of nitrogens with zero attached hydrogens (tertiary/aromatic N) is 2. The summed E-state index contributed by atoms with van der Waals surface area (Å²) in [6, 6.07) is 12.7. The lowest BCUT2D eigenvalue weighted by atomic mass is 10.0. The van der Waals surface area contributed by atoms with Crippen molar-refractivity contribution in [3.05, 3.63) is 76.2 Å². The Hall–Kier alpha value is -4.47. The minimum Gasteiger partial charge on any atom is -0.454 e. The van der Waals surface area contributed by atoms with E-state index in [9.17, 15) is 19.3 Å². The Balaban J connectivity index is 1.34. The first-order valence-corrected chi connectivity index (χ1v) is 10.6. The molecule has 34 heavy (non-hydrogen) atoms. The predicted molar refractivity (Wildman–Crippen MR) is 122 cm³/mol. The molecule has 9 nitrogen and oxygen atoms in total. The van der Waals surface area contributed by atoms with Crippen molar-refractivity contribution < 1.29 is 23.6 Å². The Morgan fingerprint density at radius 2 is 2.00 bits per heavy atom. The molecule has 0 saturated heterocycles. The van der Waals surface area contributed by atoms with E-state index >= 15 is 0 Å². The molecule has 1 amide bonds. The second-order valence-electron chi connectivity index (χ2n) is 7.76. The van der Waals surface area contributed by atoms with Gasteiger partial charge in [0, 0.05) is 29.6 Å². The number of rotatable bonds is 7. The van der Waals surface area contributed by atoms with Crippen LogP contribution in [0.2, 0.25) is 0 Å². The molecule has 1 aliphatic heterocycles. The number of carbonyl (C=O) groups is 1. The standard InChI is InChI=1S/C24H19FN4O5/c25-14-7-8-17-16(10-14)15(24(28-17)18-5-1-2-9-26-18)4-3-6-23(30)27-19-11-21-22(34-13-33-21)12-20(19)29(31)32/h1-2,5,7-12,28H,3-4,6,13H2,(H,27,30). The molecular weight excluding hydrogens is 443 g/mol. The van der Waals surface area contributed by atoms with E-state index in [0.29, 0.717) is 18.6 Å². The molecular formula is C24H19FN4O5. The molecule has 0 aliphatic carbocycles. The van der Waals surface area contributed by atoms with Crippen LogP contribution in [0.25, 0.3) is 22.3 Å². The van der Waals surface area contributed by atoms with E-state index in [1.165, 1.54) is 24.3 Å². The molecule has 2 N–H and O–H groups in total. The molecule has 3 heterocycles. The highest BCUT2D eigenvalue weighted by atomic mass is 19.1. The molecule has 0 bridgehead atoms. The number of aromatic nitrogens is 2. The van der Waals surface area contributed by atoms with Gasteiger partial charge in [-0.25, -0.2) is 4.39 Å². The van der Waals surface area contributed by atoms with Gasteiger partial charge in [0.05, 0.1) is 22.4 Å². The summed E-state index contributed by atoms with van der Waals surface area (Å²) in [5.41, 5.74) is 2.89. The zero-order valence-electron chi connectivity index (χ0n) is 17.8. The van der Waals surface area contributed by atoms with Gasteiger partial charge in [-0.05, 0) is 48.7 Å². The van der Waals surface area contributed by atoms with Crippen LogP contribution < -0.4 is 14.8 Å². The number of hydrogen-bond donors (Lipinski definition) is 2. The van der Waals surface area contributed by atoms with Gasteiger partial charge in [0.1, 0.15) is 11.5 Å². The molecule has 4 aromatic rings.